The van der Waals surface area contributed by atoms with Crippen LogP contribution in [0.4, 0.5) is 0 Å². The van der Waals surface area contributed by atoms with Crippen LogP contribution in [0.3, 0.4) is 0 Å². The van der Waals surface area contributed by atoms with Crippen LogP contribution in [-0.2, 0) is 0 Å². The first-order chi connectivity index (χ1) is 8.38. The number of hydrogen-bond acceptors (Lipinski definition) is 2. The quantitative estimate of drug-likeness (QED) is 0.716. The molecular weight excluding hydrogens is 208 g/mol. The lowest BCUT2D eigenvalue weighted by Gasteiger charge is -2.23. The molecule has 1 saturated heterocycles. The molecule has 2 heteroatoms. The predicted molar refractivity (Wildman–Crippen MR) is 74.3 cm³/mol. The van der Waals surface area contributed by atoms with Gasteiger partial charge in [0.15, 0.2) is 0 Å². The molecule has 1 heterocycles. The predicted octanol–water partition coefficient (Wildman–Crippen LogP) is 3.03. The van der Waals surface area contributed by atoms with Crippen LogP contribution >= 0.6 is 0 Å². The molecule has 0 amide bonds. The van der Waals surface area contributed by atoms with E-state index in [4.69, 9.17) is 0 Å². The van der Waals surface area contributed by atoms with Crippen LogP contribution in [0.25, 0.3) is 0 Å². The third-order valence-electron chi connectivity index (χ3n) is 4.64. The Labute approximate surface area is 107 Å². The van der Waals surface area contributed by atoms with Crippen LogP contribution in [0, 0.1) is 5.92 Å². The van der Waals surface area contributed by atoms with Crippen molar-refractivity contribution in [2.24, 2.45) is 5.92 Å². The van der Waals surface area contributed by atoms with Gasteiger partial charge in [-0.25, -0.2) is 0 Å². The fourth-order valence-corrected chi connectivity index (χ4v) is 3.36. The van der Waals surface area contributed by atoms with E-state index in [1.54, 1.807) is 0 Å². The Kier molecular flexibility index (Phi) is 5.79. The normalized spacial score (nSPS) is 27.7. The average molecular weight is 238 g/mol. The Morgan fingerprint density at radius 1 is 1.12 bits per heavy atom. The van der Waals surface area contributed by atoms with E-state index in [0.717, 1.165) is 12.0 Å². The summed E-state index contributed by atoms with van der Waals surface area (Å²) in [5, 5.41) is 3.74. The van der Waals surface area contributed by atoms with Crippen molar-refractivity contribution in [2.45, 2.75) is 64.3 Å². The summed E-state index contributed by atoms with van der Waals surface area (Å²) >= 11 is 0. The van der Waals surface area contributed by atoms with Crippen molar-refractivity contribution >= 4 is 0 Å². The largest absolute Gasteiger partial charge is 0.314 e. The second kappa shape index (κ2) is 7.38. The summed E-state index contributed by atoms with van der Waals surface area (Å²) in [7, 11) is 0. The zero-order chi connectivity index (χ0) is 11.9. The second-order valence-corrected chi connectivity index (χ2v) is 6.01. The van der Waals surface area contributed by atoms with Gasteiger partial charge in [0, 0.05) is 12.6 Å². The Morgan fingerprint density at radius 3 is 2.65 bits per heavy atom. The molecular formula is C15H30N2. The van der Waals surface area contributed by atoms with Crippen LogP contribution in [0.5, 0.6) is 0 Å². The molecule has 1 unspecified atom stereocenters. The maximum Gasteiger partial charge on any atom is 0.00670 e. The van der Waals surface area contributed by atoms with Gasteiger partial charge in [0.25, 0.3) is 0 Å². The number of likely N-dealkylation sites (tertiary alicyclic amines) is 1. The average Bonchev–Trinajstić information content (AvgIpc) is 2.84. The maximum absolute atomic E-state index is 3.74. The van der Waals surface area contributed by atoms with Gasteiger partial charge in [0.1, 0.15) is 0 Å². The first-order valence-electron chi connectivity index (χ1n) is 7.84. The Balaban J connectivity index is 1.48. The van der Waals surface area contributed by atoms with Crippen molar-refractivity contribution < 1.29 is 0 Å². The van der Waals surface area contributed by atoms with Crippen LogP contribution in [0.1, 0.15) is 58.3 Å². The highest BCUT2D eigenvalue weighted by atomic mass is 15.1. The molecule has 1 aliphatic heterocycles. The third kappa shape index (κ3) is 4.59. The van der Waals surface area contributed by atoms with E-state index in [-0.39, 0.29) is 0 Å². The van der Waals surface area contributed by atoms with Gasteiger partial charge in [0.05, 0.1) is 0 Å². The third-order valence-corrected chi connectivity index (χ3v) is 4.64. The van der Waals surface area contributed by atoms with Crippen LogP contribution in [0.2, 0.25) is 0 Å². The minimum atomic E-state index is 0.839. The Morgan fingerprint density at radius 2 is 1.94 bits per heavy atom. The van der Waals surface area contributed by atoms with Gasteiger partial charge in [-0.15, -0.1) is 0 Å². The molecule has 2 aliphatic rings. The van der Waals surface area contributed by atoms with Crippen molar-refractivity contribution in [3.8, 4) is 0 Å². The maximum atomic E-state index is 3.74. The summed E-state index contributed by atoms with van der Waals surface area (Å²) in [5.41, 5.74) is 0. The van der Waals surface area contributed by atoms with Gasteiger partial charge in [-0.2, -0.15) is 0 Å². The van der Waals surface area contributed by atoms with Crippen LogP contribution in [0.15, 0.2) is 0 Å². The van der Waals surface area contributed by atoms with Crippen molar-refractivity contribution in [1.82, 2.24) is 10.2 Å². The molecule has 0 bridgehead atoms. The summed E-state index contributed by atoms with van der Waals surface area (Å²) in [5.74, 6) is 0.987. The molecule has 100 valence electrons. The standard InChI is InChI=1S/C15H30N2/c1-2-14-9-12-17(13-14)11-6-10-16-15-7-4-3-5-8-15/h14-16H,2-13H2,1H3. The van der Waals surface area contributed by atoms with Gasteiger partial charge in [0.2, 0.25) is 0 Å². The van der Waals surface area contributed by atoms with E-state index in [9.17, 15) is 0 Å². The Hall–Kier alpha value is -0.0800. The summed E-state index contributed by atoms with van der Waals surface area (Å²) in [4.78, 5) is 2.66. The van der Waals surface area contributed by atoms with Crippen LogP contribution in [-0.4, -0.2) is 37.1 Å². The van der Waals surface area contributed by atoms with Gasteiger partial charge in [-0.05, 0) is 51.2 Å². The van der Waals surface area contributed by atoms with E-state index < -0.39 is 0 Å². The van der Waals surface area contributed by atoms with Crippen molar-refractivity contribution in [1.29, 1.82) is 0 Å². The zero-order valence-electron chi connectivity index (χ0n) is 11.6. The van der Waals surface area contributed by atoms with Crippen molar-refractivity contribution in [3.05, 3.63) is 0 Å². The SMILES string of the molecule is CCC1CCN(CCCNC2CCCCC2)C1. The fourth-order valence-electron chi connectivity index (χ4n) is 3.36. The molecule has 2 fully saturated rings. The first kappa shape index (κ1) is 13.4. The molecule has 1 aliphatic carbocycles. The summed E-state index contributed by atoms with van der Waals surface area (Å²) in [6.45, 7) is 7.59. The monoisotopic (exact) mass is 238 g/mol. The van der Waals surface area contributed by atoms with Gasteiger partial charge >= 0.3 is 0 Å². The second-order valence-electron chi connectivity index (χ2n) is 6.01. The molecule has 0 aromatic rings. The van der Waals surface area contributed by atoms with E-state index in [1.165, 1.54) is 77.5 Å². The molecule has 0 spiro atoms. The topological polar surface area (TPSA) is 15.3 Å². The van der Waals surface area contributed by atoms with E-state index in [2.05, 4.69) is 17.1 Å². The number of hydrogen-bond donors (Lipinski definition) is 1. The minimum absolute atomic E-state index is 0.839. The zero-order valence-corrected chi connectivity index (χ0v) is 11.6. The highest BCUT2D eigenvalue weighted by molar-refractivity contribution is 4.75. The summed E-state index contributed by atoms with van der Waals surface area (Å²) in [6.07, 6.45) is 11.3. The minimum Gasteiger partial charge on any atom is -0.314 e. The molecule has 0 aromatic heterocycles. The highest BCUT2D eigenvalue weighted by Crippen LogP contribution is 2.19. The smallest absolute Gasteiger partial charge is 0.00670 e. The van der Waals surface area contributed by atoms with Crippen LogP contribution < -0.4 is 5.32 Å². The van der Waals surface area contributed by atoms with Crippen molar-refractivity contribution in [3.63, 3.8) is 0 Å². The molecule has 1 N–H and O–H groups in total. The lowest BCUT2D eigenvalue weighted by atomic mass is 9.95. The van der Waals surface area contributed by atoms with Gasteiger partial charge in [-0.3, -0.25) is 0 Å². The van der Waals surface area contributed by atoms with Gasteiger partial charge < -0.3 is 10.2 Å². The summed E-state index contributed by atoms with van der Waals surface area (Å²) < 4.78 is 0. The van der Waals surface area contributed by atoms with E-state index in [1.807, 2.05) is 0 Å². The summed E-state index contributed by atoms with van der Waals surface area (Å²) in [6, 6.07) is 0.839. The highest BCUT2D eigenvalue weighted by Gasteiger charge is 2.20. The number of nitrogens with zero attached hydrogens (tertiary/aromatic N) is 1. The first-order valence-corrected chi connectivity index (χ1v) is 7.84. The molecule has 1 atom stereocenters. The Bertz CT molecular complexity index is 199. The fraction of sp³-hybridized carbons (Fsp3) is 1.00. The van der Waals surface area contributed by atoms with Crippen molar-refractivity contribution in [2.75, 3.05) is 26.2 Å². The number of nitrogens with one attached hydrogen (secondary N) is 1. The van der Waals surface area contributed by atoms with E-state index >= 15 is 0 Å². The molecule has 0 aromatic carbocycles. The molecule has 1 saturated carbocycles. The molecule has 17 heavy (non-hydrogen) atoms. The molecule has 2 rings (SSSR count). The van der Waals surface area contributed by atoms with E-state index in [0.29, 0.717) is 0 Å². The lowest BCUT2D eigenvalue weighted by Crippen LogP contribution is -2.33. The molecule has 2 nitrogen and oxygen atoms in total. The molecule has 0 radical (unpaired) electrons. The number of rotatable bonds is 6. The van der Waals surface area contributed by atoms with Gasteiger partial charge in [-0.1, -0.05) is 32.6 Å². The lowest BCUT2D eigenvalue weighted by molar-refractivity contribution is 0.305.